The normalized spacial score (nSPS) is 11.6. The molecule has 27 heavy (non-hydrogen) atoms. The van der Waals surface area contributed by atoms with E-state index in [0.29, 0.717) is 26.9 Å². The highest BCUT2D eigenvalue weighted by molar-refractivity contribution is 9.10. The first-order valence-electron chi connectivity index (χ1n) is 8.22. The third-order valence-corrected chi connectivity index (χ3v) is 6.05. The lowest BCUT2D eigenvalue weighted by molar-refractivity contribution is 0.0526. The minimum Gasteiger partial charge on any atom is -0.462 e. The summed E-state index contributed by atoms with van der Waals surface area (Å²) >= 11 is 3.35. The molecule has 1 aromatic heterocycles. The minimum absolute atomic E-state index is 0.147. The third-order valence-electron chi connectivity index (χ3n) is 4.01. The standard InChI is InChI=1S/C19H18BrNO5S/c1-4-25-19(22)18-12(3)26-17-10-15(20)16(9-14(17)18)21-27(23,24)13-7-5-11(2)6-8-13/h5-10,21H,4H2,1-3H3. The average Bonchev–Trinajstić information content (AvgIpc) is 2.90. The number of fused-ring (bicyclic) bond motifs is 1. The van der Waals surface area contributed by atoms with E-state index in [9.17, 15) is 13.2 Å². The van der Waals surface area contributed by atoms with Crippen molar-refractivity contribution in [3.8, 4) is 0 Å². The van der Waals surface area contributed by atoms with Gasteiger partial charge in [-0.2, -0.15) is 0 Å². The summed E-state index contributed by atoms with van der Waals surface area (Å²) in [6, 6.07) is 9.72. The fourth-order valence-corrected chi connectivity index (χ4v) is 4.32. The first-order valence-corrected chi connectivity index (χ1v) is 10.5. The molecule has 0 spiro atoms. The lowest BCUT2D eigenvalue weighted by Crippen LogP contribution is -2.13. The number of carbonyl (C=O) groups is 1. The number of sulfonamides is 1. The first-order chi connectivity index (χ1) is 12.7. The third kappa shape index (κ3) is 3.86. The number of carbonyl (C=O) groups excluding carboxylic acids is 1. The molecule has 6 nitrogen and oxygen atoms in total. The summed E-state index contributed by atoms with van der Waals surface area (Å²) in [6.07, 6.45) is 0. The number of nitrogens with one attached hydrogen (secondary N) is 1. The van der Waals surface area contributed by atoms with Gasteiger partial charge < -0.3 is 9.15 Å². The van der Waals surface area contributed by atoms with Crippen molar-refractivity contribution in [1.82, 2.24) is 0 Å². The van der Waals surface area contributed by atoms with Crippen LogP contribution in [-0.4, -0.2) is 21.0 Å². The molecule has 3 aromatic rings. The predicted octanol–water partition coefficient (Wildman–Crippen LogP) is 4.79. The van der Waals surface area contributed by atoms with Crippen LogP contribution < -0.4 is 4.72 Å². The highest BCUT2D eigenvalue weighted by atomic mass is 79.9. The lowest BCUT2D eigenvalue weighted by Gasteiger charge is -2.10. The molecular weight excluding hydrogens is 434 g/mol. The molecule has 0 saturated heterocycles. The van der Waals surface area contributed by atoms with Crippen molar-refractivity contribution in [3.05, 3.63) is 57.8 Å². The molecule has 1 heterocycles. The van der Waals surface area contributed by atoms with Crippen molar-refractivity contribution < 1.29 is 22.4 Å². The number of esters is 1. The number of aryl methyl sites for hydroxylation is 2. The largest absolute Gasteiger partial charge is 0.462 e. The number of benzene rings is 2. The maximum absolute atomic E-state index is 12.7. The summed E-state index contributed by atoms with van der Waals surface area (Å²) in [5.74, 6) is -0.0997. The molecule has 0 aliphatic carbocycles. The molecule has 3 rings (SSSR count). The Morgan fingerprint density at radius 1 is 1.19 bits per heavy atom. The van der Waals surface area contributed by atoms with Crippen molar-refractivity contribution in [2.45, 2.75) is 25.7 Å². The van der Waals surface area contributed by atoms with Gasteiger partial charge in [-0.25, -0.2) is 13.2 Å². The zero-order valence-corrected chi connectivity index (χ0v) is 17.4. The zero-order valence-electron chi connectivity index (χ0n) is 15.0. The number of hydrogen-bond donors (Lipinski definition) is 1. The second kappa shape index (κ2) is 7.36. The summed E-state index contributed by atoms with van der Waals surface area (Å²) in [5.41, 5.74) is 2.01. The van der Waals surface area contributed by atoms with Gasteiger partial charge in [0.15, 0.2) is 0 Å². The molecule has 2 aromatic carbocycles. The monoisotopic (exact) mass is 451 g/mol. The Hall–Kier alpha value is -2.32. The van der Waals surface area contributed by atoms with Crippen LogP contribution in [0, 0.1) is 13.8 Å². The highest BCUT2D eigenvalue weighted by Crippen LogP contribution is 2.35. The number of halogens is 1. The van der Waals surface area contributed by atoms with Crippen molar-refractivity contribution in [1.29, 1.82) is 0 Å². The van der Waals surface area contributed by atoms with Gasteiger partial charge in [0.25, 0.3) is 10.0 Å². The first kappa shape index (κ1) is 19.4. The fraction of sp³-hybridized carbons (Fsp3) is 0.211. The molecule has 0 saturated carbocycles. The molecule has 0 unspecified atom stereocenters. The molecular formula is C19H18BrNO5S. The molecule has 0 aliphatic heterocycles. The van der Waals surface area contributed by atoms with E-state index in [0.717, 1.165) is 5.56 Å². The van der Waals surface area contributed by atoms with E-state index < -0.39 is 16.0 Å². The van der Waals surface area contributed by atoms with Crippen LogP contribution in [0.3, 0.4) is 0 Å². The fourth-order valence-electron chi connectivity index (χ4n) is 2.70. The van der Waals surface area contributed by atoms with Crippen LogP contribution in [0.15, 0.2) is 50.2 Å². The molecule has 8 heteroatoms. The molecule has 0 atom stereocenters. The van der Waals surface area contributed by atoms with E-state index in [1.54, 1.807) is 38.1 Å². The topological polar surface area (TPSA) is 85.6 Å². The van der Waals surface area contributed by atoms with Crippen molar-refractivity contribution in [2.75, 3.05) is 11.3 Å². The van der Waals surface area contributed by atoms with Gasteiger partial charge >= 0.3 is 5.97 Å². The Bertz CT molecular complexity index is 1120. The highest BCUT2D eigenvalue weighted by Gasteiger charge is 2.22. The van der Waals surface area contributed by atoms with E-state index >= 15 is 0 Å². The van der Waals surface area contributed by atoms with Gasteiger partial charge in [-0.1, -0.05) is 17.7 Å². The maximum atomic E-state index is 12.7. The molecule has 0 radical (unpaired) electrons. The van der Waals surface area contributed by atoms with Crippen molar-refractivity contribution >= 4 is 48.6 Å². The van der Waals surface area contributed by atoms with Crippen molar-refractivity contribution in [3.63, 3.8) is 0 Å². The second-order valence-electron chi connectivity index (χ2n) is 6.00. The van der Waals surface area contributed by atoms with Crippen molar-refractivity contribution in [2.24, 2.45) is 0 Å². The number of rotatable bonds is 5. The summed E-state index contributed by atoms with van der Waals surface area (Å²) < 4.78 is 39.1. The van der Waals surface area contributed by atoms with E-state index in [2.05, 4.69) is 20.7 Å². The summed E-state index contributed by atoms with van der Waals surface area (Å²) in [4.78, 5) is 12.4. The Labute approximate surface area is 165 Å². The van der Waals surface area contributed by atoms with Gasteiger partial charge in [0.2, 0.25) is 0 Å². The molecule has 0 bridgehead atoms. The number of anilines is 1. The number of ether oxygens (including phenoxy) is 1. The Morgan fingerprint density at radius 2 is 1.85 bits per heavy atom. The summed E-state index contributed by atoms with van der Waals surface area (Å²) in [5, 5.41) is 0.482. The average molecular weight is 452 g/mol. The van der Waals surface area contributed by atoms with Crippen LogP contribution in [0.2, 0.25) is 0 Å². The number of hydrogen-bond acceptors (Lipinski definition) is 5. The van der Waals surface area contributed by atoms with Crippen LogP contribution in [0.5, 0.6) is 0 Å². The minimum atomic E-state index is -3.78. The van der Waals surface area contributed by atoms with Gasteiger partial charge in [-0.3, -0.25) is 4.72 Å². The van der Waals surface area contributed by atoms with Crippen LogP contribution >= 0.6 is 15.9 Å². The Morgan fingerprint density at radius 3 is 2.48 bits per heavy atom. The van der Waals surface area contributed by atoms with Crippen LogP contribution in [0.1, 0.15) is 28.6 Å². The molecule has 0 fully saturated rings. The second-order valence-corrected chi connectivity index (χ2v) is 8.54. The van der Waals surface area contributed by atoms with Gasteiger partial charge in [0, 0.05) is 9.86 Å². The summed E-state index contributed by atoms with van der Waals surface area (Å²) in [6.45, 7) is 5.49. The van der Waals surface area contributed by atoms with Crippen LogP contribution in [0.25, 0.3) is 11.0 Å². The molecule has 1 N–H and O–H groups in total. The maximum Gasteiger partial charge on any atom is 0.342 e. The number of furan rings is 1. The van der Waals surface area contributed by atoms with Gasteiger partial charge in [-0.05, 0) is 61.0 Å². The van der Waals surface area contributed by atoms with Gasteiger partial charge in [0.05, 0.1) is 17.2 Å². The SMILES string of the molecule is CCOC(=O)c1c(C)oc2cc(Br)c(NS(=O)(=O)c3ccc(C)cc3)cc12. The zero-order chi connectivity index (χ0) is 19.8. The van der Waals surface area contributed by atoms with E-state index in [-0.39, 0.29) is 17.1 Å². The van der Waals surface area contributed by atoms with Crippen LogP contribution in [-0.2, 0) is 14.8 Å². The van der Waals surface area contributed by atoms with E-state index in [4.69, 9.17) is 9.15 Å². The molecule has 142 valence electrons. The van der Waals surface area contributed by atoms with E-state index in [1.165, 1.54) is 12.1 Å². The lowest BCUT2D eigenvalue weighted by atomic mass is 10.1. The van der Waals surface area contributed by atoms with E-state index in [1.807, 2.05) is 6.92 Å². The quantitative estimate of drug-likeness (QED) is 0.563. The van der Waals surface area contributed by atoms with Gasteiger partial charge in [-0.15, -0.1) is 0 Å². The Kier molecular flexibility index (Phi) is 5.30. The molecule has 0 aliphatic rings. The molecule has 0 amide bonds. The Balaban J connectivity index is 2.06. The predicted molar refractivity (Wildman–Crippen MR) is 107 cm³/mol. The van der Waals surface area contributed by atoms with Crippen LogP contribution in [0.4, 0.5) is 5.69 Å². The summed E-state index contributed by atoms with van der Waals surface area (Å²) in [7, 11) is -3.78. The smallest absolute Gasteiger partial charge is 0.342 e. The van der Waals surface area contributed by atoms with Gasteiger partial charge in [0.1, 0.15) is 16.9 Å².